The first-order valence-corrected chi connectivity index (χ1v) is 11.9. The summed E-state index contributed by atoms with van der Waals surface area (Å²) in [5, 5.41) is 23.0. The van der Waals surface area contributed by atoms with Crippen LogP contribution in [-0.4, -0.2) is 26.4 Å². The number of anilines is 1. The molecule has 1 amide bonds. The minimum Gasteiger partial charge on any atom is -0.493 e. The summed E-state index contributed by atoms with van der Waals surface area (Å²) in [6, 6.07) is 17.6. The third kappa shape index (κ3) is 6.23. The fraction of sp³-hybridized carbons (Fsp3) is 0.0435. The molecule has 0 saturated carbocycles. The van der Waals surface area contributed by atoms with Gasteiger partial charge >= 0.3 is 10.1 Å². The van der Waals surface area contributed by atoms with E-state index in [1.54, 1.807) is 30.3 Å². The molecule has 0 heterocycles. The summed E-state index contributed by atoms with van der Waals surface area (Å²) in [6.45, 7) is 0. The molecule has 3 rings (SSSR count). The molecule has 0 bridgehead atoms. The van der Waals surface area contributed by atoms with Crippen molar-refractivity contribution in [1.82, 2.24) is 0 Å². The number of non-ortho nitro benzene ring substituents is 1. The molecule has 0 aliphatic carbocycles. The second-order valence-corrected chi connectivity index (χ2v) is 9.22. The third-order valence-corrected chi connectivity index (χ3v) is 6.28. The molecule has 0 unspecified atom stereocenters. The normalized spacial score (nSPS) is 11.3. The van der Waals surface area contributed by atoms with Crippen LogP contribution in [0.5, 0.6) is 11.5 Å². The second kappa shape index (κ2) is 10.8. The Balaban J connectivity index is 1.93. The lowest BCUT2D eigenvalue weighted by Gasteiger charge is -2.13. The van der Waals surface area contributed by atoms with E-state index < -0.39 is 31.5 Å². The van der Waals surface area contributed by atoms with Gasteiger partial charge in [-0.15, -0.1) is 0 Å². The number of carbonyl (C=O) groups excluding carboxylic acids is 1. The molecule has 0 fully saturated rings. The molecule has 1 N–H and O–H groups in total. The van der Waals surface area contributed by atoms with Crippen LogP contribution in [0.25, 0.3) is 6.08 Å². The number of benzene rings is 3. The molecule has 0 atom stereocenters. The first-order chi connectivity index (χ1) is 16.6. The molecule has 35 heavy (non-hydrogen) atoms. The van der Waals surface area contributed by atoms with Crippen molar-refractivity contribution in [2.45, 2.75) is 4.90 Å². The van der Waals surface area contributed by atoms with Crippen LogP contribution < -0.4 is 14.2 Å². The van der Waals surface area contributed by atoms with Crippen molar-refractivity contribution in [1.29, 1.82) is 5.26 Å². The quantitative estimate of drug-likeness (QED) is 0.138. The van der Waals surface area contributed by atoms with Gasteiger partial charge in [-0.3, -0.25) is 14.9 Å². The number of nitro groups is 1. The molecule has 0 aromatic heterocycles. The van der Waals surface area contributed by atoms with Gasteiger partial charge in [-0.25, -0.2) is 0 Å². The van der Waals surface area contributed by atoms with Gasteiger partial charge in [-0.05, 0) is 57.9 Å². The summed E-state index contributed by atoms with van der Waals surface area (Å²) in [5.41, 5.74) is 0.223. The maximum atomic E-state index is 12.7. The monoisotopic (exact) mass is 557 g/mol. The Morgan fingerprint density at radius 3 is 2.49 bits per heavy atom. The Labute approximate surface area is 208 Å². The molecule has 178 valence electrons. The minimum absolute atomic E-state index is 0.0274. The predicted molar refractivity (Wildman–Crippen MR) is 130 cm³/mol. The van der Waals surface area contributed by atoms with E-state index in [0.29, 0.717) is 11.3 Å². The number of nitrogens with one attached hydrogen (secondary N) is 1. The SMILES string of the molecule is COc1cc(/C=C(\C#N)C(=O)Nc2ccccc2)cc(Br)c1OS(=O)(=O)c1cccc([N+](=O)[O-])c1. The maximum Gasteiger partial charge on any atom is 0.339 e. The minimum atomic E-state index is -4.46. The molecule has 10 nitrogen and oxygen atoms in total. The Hall–Kier alpha value is -4.21. The summed E-state index contributed by atoms with van der Waals surface area (Å²) < 4.78 is 36.1. The second-order valence-electron chi connectivity index (χ2n) is 6.82. The lowest BCUT2D eigenvalue weighted by Crippen LogP contribution is -2.13. The fourth-order valence-electron chi connectivity index (χ4n) is 2.85. The highest BCUT2D eigenvalue weighted by atomic mass is 79.9. The number of nitro benzene ring substituents is 1. The highest BCUT2D eigenvalue weighted by Crippen LogP contribution is 2.39. The summed E-state index contributed by atoms with van der Waals surface area (Å²) in [7, 11) is -3.19. The number of halogens is 1. The third-order valence-electron chi connectivity index (χ3n) is 4.47. The number of rotatable bonds is 8. The summed E-state index contributed by atoms with van der Waals surface area (Å²) in [6.07, 6.45) is 1.30. The van der Waals surface area contributed by atoms with E-state index in [9.17, 15) is 28.6 Å². The van der Waals surface area contributed by atoms with E-state index in [1.165, 1.54) is 31.4 Å². The van der Waals surface area contributed by atoms with Crippen LogP contribution in [0.4, 0.5) is 11.4 Å². The zero-order valence-corrected chi connectivity index (χ0v) is 20.4. The molecule has 3 aromatic rings. The van der Waals surface area contributed by atoms with Crippen molar-refractivity contribution in [3.8, 4) is 17.6 Å². The van der Waals surface area contributed by atoms with Crippen LogP contribution >= 0.6 is 15.9 Å². The maximum absolute atomic E-state index is 12.7. The van der Waals surface area contributed by atoms with Crippen molar-refractivity contribution >= 4 is 49.4 Å². The molecule has 0 aliphatic heterocycles. The lowest BCUT2D eigenvalue weighted by atomic mass is 10.1. The molecule has 0 aliphatic rings. The van der Waals surface area contributed by atoms with Gasteiger partial charge in [0.2, 0.25) is 0 Å². The van der Waals surface area contributed by atoms with Gasteiger partial charge < -0.3 is 14.2 Å². The number of hydrogen-bond donors (Lipinski definition) is 1. The van der Waals surface area contributed by atoms with E-state index in [-0.39, 0.29) is 21.5 Å². The van der Waals surface area contributed by atoms with Gasteiger partial charge in [-0.1, -0.05) is 24.3 Å². The van der Waals surface area contributed by atoms with Gasteiger partial charge in [0.1, 0.15) is 16.5 Å². The number of methoxy groups -OCH3 is 1. The van der Waals surface area contributed by atoms with E-state index in [4.69, 9.17) is 8.92 Å². The largest absolute Gasteiger partial charge is 0.493 e. The van der Waals surface area contributed by atoms with Crippen LogP contribution in [0.2, 0.25) is 0 Å². The van der Waals surface area contributed by atoms with E-state index in [1.807, 2.05) is 6.07 Å². The Kier molecular flexibility index (Phi) is 7.85. The smallest absolute Gasteiger partial charge is 0.339 e. The van der Waals surface area contributed by atoms with Gasteiger partial charge in [0.15, 0.2) is 11.5 Å². The van der Waals surface area contributed by atoms with Crippen LogP contribution in [0.1, 0.15) is 5.56 Å². The van der Waals surface area contributed by atoms with Crippen LogP contribution in [-0.2, 0) is 14.9 Å². The molecular formula is C23H16BrN3O7S. The summed E-state index contributed by atoms with van der Waals surface area (Å²) in [4.78, 5) is 22.3. The zero-order valence-electron chi connectivity index (χ0n) is 18.0. The molecule has 3 aromatic carbocycles. The molecule has 12 heteroatoms. The number of ether oxygens (including phenoxy) is 1. The molecular weight excluding hydrogens is 542 g/mol. The highest BCUT2D eigenvalue weighted by Gasteiger charge is 2.24. The molecule has 0 radical (unpaired) electrons. The average molecular weight is 558 g/mol. The first-order valence-electron chi connectivity index (χ1n) is 9.69. The van der Waals surface area contributed by atoms with Gasteiger partial charge in [0.25, 0.3) is 11.6 Å². The summed E-state index contributed by atoms with van der Waals surface area (Å²) in [5.74, 6) is -0.883. The number of hydrogen-bond acceptors (Lipinski definition) is 8. The first kappa shape index (κ1) is 25.4. The van der Waals surface area contributed by atoms with Crippen molar-refractivity contribution in [2.24, 2.45) is 0 Å². The van der Waals surface area contributed by atoms with Gasteiger partial charge in [-0.2, -0.15) is 13.7 Å². The highest BCUT2D eigenvalue weighted by molar-refractivity contribution is 9.10. The zero-order chi connectivity index (χ0) is 25.6. The lowest BCUT2D eigenvalue weighted by molar-refractivity contribution is -0.385. The molecule has 0 saturated heterocycles. The predicted octanol–water partition coefficient (Wildman–Crippen LogP) is 4.68. The molecule has 0 spiro atoms. The fourth-order valence-corrected chi connectivity index (χ4v) is 4.50. The van der Waals surface area contributed by atoms with Crippen molar-refractivity contribution in [2.75, 3.05) is 12.4 Å². The van der Waals surface area contributed by atoms with Crippen molar-refractivity contribution in [3.05, 3.63) is 92.5 Å². The van der Waals surface area contributed by atoms with Crippen molar-refractivity contribution in [3.63, 3.8) is 0 Å². The van der Waals surface area contributed by atoms with Crippen LogP contribution in [0.15, 0.2) is 81.7 Å². The number of para-hydroxylation sites is 1. The van der Waals surface area contributed by atoms with Gasteiger partial charge in [0, 0.05) is 17.8 Å². The average Bonchev–Trinajstić information content (AvgIpc) is 2.84. The van der Waals surface area contributed by atoms with Gasteiger partial charge in [0.05, 0.1) is 16.5 Å². The topological polar surface area (TPSA) is 149 Å². The standard InChI is InChI=1S/C23H16BrN3O7S/c1-33-21-12-15(10-16(14-25)23(28)26-17-6-3-2-4-7-17)11-20(24)22(21)34-35(31,32)19-9-5-8-18(13-19)27(29)30/h2-13H,1H3,(H,26,28)/b16-10+. The number of amides is 1. The summed E-state index contributed by atoms with van der Waals surface area (Å²) >= 11 is 3.21. The van der Waals surface area contributed by atoms with E-state index in [2.05, 4.69) is 21.2 Å². The Morgan fingerprint density at radius 2 is 1.86 bits per heavy atom. The number of nitrogens with zero attached hydrogens (tertiary/aromatic N) is 2. The Morgan fingerprint density at radius 1 is 1.14 bits per heavy atom. The van der Waals surface area contributed by atoms with E-state index in [0.717, 1.165) is 18.2 Å². The van der Waals surface area contributed by atoms with Crippen LogP contribution in [0, 0.1) is 21.4 Å². The Bertz CT molecular complexity index is 1470. The number of nitriles is 1. The van der Waals surface area contributed by atoms with E-state index >= 15 is 0 Å². The van der Waals surface area contributed by atoms with Crippen molar-refractivity contribution < 1.29 is 27.1 Å². The number of carbonyl (C=O) groups is 1. The van der Waals surface area contributed by atoms with Crippen LogP contribution in [0.3, 0.4) is 0 Å².